The topological polar surface area (TPSA) is 73.9 Å². The van der Waals surface area contributed by atoms with Crippen LogP contribution in [0, 0.1) is 5.82 Å². The van der Waals surface area contributed by atoms with E-state index < -0.39 is 30.9 Å². The van der Waals surface area contributed by atoms with E-state index in [1.165, 1.54) is 31.4 Å². The predicted octanol–water partition coefficient (Wildman–Crippen LogP) is 1.33. The second kappa shape index (κ2) is 9.84. The van der Waals surface area contributed by atoms with Crippen molar-refractivity contribution >= 4 is 24.5 Å². The molecule has 6 nitrogen and oxygen atoms in total. The van der Waals surface area contributed by atoms with Gasteiger partial charge in [0.1, 0.15) is 11.9 Å². The molecule has 0 heterocycles. The fourth-order valence-corrected chi connectivity index (χ4v) is 2.59. The van der Waals surface area contributed by atoms with Gasteiger partial charge in [0.15, 0.2) is 0 Å². The fraction of sp³-hybridized carbons (Fsp3) is 0.263. The van der Waals surface area contributed by atoms with Crippen LogP contribution < -0.4 is 10.8 Å². The largest absolute Gasteiger partial charge is 0.493 e. The molecule has 0 saturated carbocycles. The lowest BCUT2D eigenvalue weighted by Gasteiger charge is -2.17. The van der Waals surface area contributed by atoms with Crippen molar-refractivity contribution in [1.82, 2.24) is 5.32 Å². The molecule has 0 saturated heterocycles. The maximum atomic E-state index is 13.0. The zero-order chi connectivity index (χ0) is 19.8. The highest BCUT2D eigenvalue weighted by Gasteiger charge is 2.23. The van der Waals surface area contributed by atoms with Crippen molar-refractivity contribution in [3.8, 4) is 0 Å². The quantitative estimate of drug-likeness (QED) is 0.558. The van der Waals surface area contributed by atoms with Crippen LogP contribution in [0.25, 0.3) is 0 Å². The van der Waals surface area contributed by atoms with Crippen molar-refractivity contribution in [1.29, 1.82) is 0 Å². The van der Waals surface area contributed by atoms with Crippen LogP contribution in [-0.4, -0.2) is 46.4 Å². The molecule has 0 spiro atoms. The highest BCUT2D eigenvalue weighted by atomic mass is 19.1. The number of halogens is 1. The third kappa shape index (κ3) is 5.64. The summed E-state index contributed by atoms with van der Waals surface area (Å²) in [6, 6.07) is 11.5. The molecule has 27 heavy (non-hydrogen) atoms. The summed E-state index contributed by atoms with van der Waals surface area (Å²) >= 11 is 0. The summed E-state index contributed by atoms with van der Waals surface area (Å²) in [5.41, 5.74) is 1.90. The van der Waals surface area contributed by atoms with E-state index in [1.807, 2.05) is 24.3 Å². The van der Waals surface area contributed by atoms with Crippen LogP contribution in [0.4, 0.5) is 4.39 Å². The predicted molar refractivity (Wildman–Crippen MR) is 99.2 cm³/mol. The summed E-state index contributed by atoms with van der Waals surface area (Å²) < 4.78 is 28.2. The summed E-state index contributed by atoms with van der Waals surface area (Å²) in [5, 5.41) is 2.63. The van der Waals surface area contributed by atoms with E-state index in [1.54, 1.807) is 14.2 Å². The Labute approximate surface area is 157 Å². The number of ether oxygens (including phenoxy) is 1. The Kier molecular flexibility index (Phi) is 7.51. The molecule has 1 N–H and O–H groups in total. The zero-order valence-corrected chi connectivity index (χ0v) is 15.4. The third-order valence-electron chi connectivity index (χ3n) is 4.02. The minimum Gasteiger partial charge on any atom is -0.467 e. The normalized spacial score (nSPS) is 11.6. The number of hydrogen-bond donors (Lipinski definition) is 1. The van der Waals surface area contributed by atoms with Crippen LogP contribution in [0.2, 0.25) is 0 Å². The Morgan fingerprint density at radius 2 is 1.59 bits per heavy atom. The maximum Gasteiger partial charge on any atom is 0.493 e. The molecule has 0 unspecified atom stereocenters. The Morgan fingerprint density at radius 3 is 2.11 bits per heavy atom. The smallest absolute Gasteiger partial charge is 0.467 e. The molecule has 0 bridgehead atoms. The monoisotopic (exact) mass is 373 g/mol. The van der Waals surface area contributed by atoms with E-state index in [0.29, 0.717) is 0 Å². The van der Waals surface area contributed by atoms with Gasteiger partial charge in [-0.3, -0.25) is 4.79 Å². The molecule has 0 radical (unpaired) electrons. The van der Waals surface area contributed by atoms with Gasteiger partial charge in [-0.1, -0.05) is 24.3 Å². The van der Waals surface area contributed by atoms with E-state index in [0.717, 1.165) is 11.0 Å². The average Bonchev–Trinajstić information content (AvgIpc) is 2.69. The van der Waals surface area contributed by atoms with Crippen molar-refractivity contribution in [2.45, 2.75) is 12.5 Å². The lowest BCUT2D eigenvalue weighted by molar-refractivity contribution is -0.142. The van der Waals surface area contributed by atoms with Gasteiger partial charge in [-0.15, -0.1) is 0 Å². The van der Waals surface area contributed by atoms with Crippen LogP contribution in [0.3, 0.4) is 0 Å². The first-order valence-corrected chi connectivity index (χ1v) is 8.27. The molecule has 2 rings (SSSR count). The molecule has 0 aliphatic carbocycles. The number of carbonyl (C=O) groups excluding carboxylic acids is 2. The van der Waals surface area contributed by atoms with Crippen molar-refractivity contribution in [3.63, 3.8) is 0 Å². The highest BCUT2D eigenvalue weighted by Crippen LogP contribution is 2.08. The van der Waals surface area contributed by atoms with E-state index in [9.17, 15) is 14.0 Å². The molecule has 2 aromatic rings. The van der Waals surface area contributed by atoms with Gasteiger partial charge < -0.3 is 19.4 Å². The number of benzene rings is 2. The summed E-state index contributed by atoms with van der Waals surface area (Å²) in [6.07, 6.45) is 0.241. The first-order chi connectivity index (χ1) is 13.0. The molecule has 1 amide bonds. The van der Waals surface area contributed by atoms with Crippen LogP contribution in [0.15, 0.2) is 48.5 Å². The van der Waals surface area contributed by atoms with E-state index >= 15 is 0 Å². The second-order valence-corrected chi connectivity index (χ2v) is 5.81. The number of rotatable bonds is 8. The van der Waals surface area contributed by atoms with E-state index in [-0.39, 0.29) is 12.0 Å². The molecule has 8 heteroatoms. The molecular formula is C19H21BFNO5. The van der Waals surface area contributed by atoms with Crippen molar-refractivity contribution in [2.24, 2.45) is 0 Å². The minimum absolute atomic E-state index is 0.241. The van der Waals surface area contributed by atoms with Gasteiger partial charge >= 0.3 is 13.1 Å². The lowest BCUT2D eigenvalue weighted by atomic mass is 9.78. The number of nitrogens with one attached hydrogen (secondary N) is 1. The highest BCUT2D eigenvalue weighted by molar-refractivity contribution is 6.61. The summed E-state index contributed by atoms with van der Waals surface area (Å²) in [7, 11) is 3.86. The van der Waals surface area contributed by atoms with Gasteiger partial charge in [-0.25, -0.2) is 9.18 Å². The van der Waals surface area contributed by atoms with Gasteiger partial charge in [-0.2, -0.15) is 0 Å². The first kappa shape index (κ1) is 20.6. The van der Waals surface area contributed by atoms with E-state index in [2.05, 4.69) is 5.32 Å². The SMILES string of the molecule is COB(OC)c1ccc(C[C@@H](NC(=O)c2ccc(F)cc2)C(=O)OC)cc1. The molecule has 142 valence electrons. The van der Waals surface area contributed by atoms with Gasteiger partial charge in [0.2, 0.25) is 0 Å². The lowest BCUT2D eigenvalue weighted by Crippen LogP contribution is -2.43. The summed E-state index contributed by atoms with van der Waals surface area (Å²) in [6.45, 7) is 0. The number of hydrogen-bond acceptors (Lipinski definition) is 5. The molecule has 0 aromatic heterocycles. The zero-order valence-electron chi connectivity index (χ0n) is 15.4. The van der Waals surface area contributed by atoms with Crippen LogP contribution in [0.5, 0.6) is 0 Å². The summed E-state index contributed by atoms with van der Waals surface area (Å²) in [4.78, 5) is 24.4. The van der Waals surface area contributed by atoms with Crippen LogP contribution in [-0.2, 0) is 25.3 Å². The number of amides is 1. The van der Waals surface area contributed by atoms with Crippen molar-refractivity contribution in [2.75, 3.05) is 21.3 Å². The average molecular weight is 373 g/mol. The Balaban J connectivity index is 2.11. The van der Waals surface area contributed by atoms with E-state index in [4.69, 9.17) is 14.0 Å². The number of methoxy groups -OCH3 is 1. The van der Waals surface area contributed by atoms with Crippen molar-refractivity contribution < 1.29 is 28.0 Å². The molecular weight excluding hydrogens is 352 g/mol. The Bertz CT molecular complexity index is 763. The van der Waals surface area contributed by atoms with Crippen LogP contribution in [0.1, 0.15) is 15.9 Å². The first-order valence-electron chi connectivity index (χ1n) is 8.27. The summed E-state index contributed by atoms with van der Waals surface area (Å²) in [5.74, 6) is -1.50. The van der Waals surface area contributed by atoms with Crippen LogP contribution >= 0.6 is 0 Å². The molecule has 1 atom stereocenters. The number of carbonyl (C=O) groups is 2. The fourth-order valence-electron chi connectivity index (χ4n) is 2.59. The molecule has 0 aliphatic rings. The minimum atomic E-state index is -0.876. The number of esters is 1. The molecule has 2 aromatic carbocycles. The molecule has 0 fully saturated rings. The maximum absolute atomic E-state index is 13.0. The second-order valence-electron chi connectivity index (χ2n) is 5.81. The Morgan fingerprint density at radius 1 is 1.00 bits per heavy atom. The van der Waals surface area contributed by atoms with Gasteiger partial charge in [-0.05, 0) is 35.3 Å². The standard InChI is InChI=1S/C19H21BFNO5/c1-25-19(24)17(22-18(23)14-6-10-16(21)11-7-14)12-13-4-8-15(9-5-13)20(26-2)27-3/h4-11,17H,12H2,1-3H3,(H,22,23)/t17-/m1/s1. The molecule has 0 aliphatic heterocycles. The third-order valence-corrected chi connectivity index (χ3v) is 4.02. The van der Waals surface area contributed by atoms with Gasteiger partial charge in [0.25, 0.3) is 5.91 Å². The van der Waals surface area contributed by atoms with Crippen molar-refractivity contribution in [3.05, 3.63) is 65.5 Å². The Hall–Kier alpha value is -2.71. The van der Waals surface area contributed by atoms with Gasteiger partial charge in [0.05, 0.1) is 7.11 Å². The van der Waals surface area contributed by atoms with Gasteiger partial charge in [0, 0.05) is 26.2 Å².